The first kappa shape index (κ1) is 21.4. The lowest BCUT2D eigenvalue weighted by atomic mass is 9.60. The number of nitrogens with zero attached hydrogens (tertiary/aromatic N) is 4. The number of ether oxygens (including phenoxy) is 2. The lowest BCUT2D eigenvalue weighted by Gasteiger charge is -2.44. The number of methoxy groups -OCH3 is 2. The summed E-state index contributed by atoms with van der Waals surface area (Å²) in [4.78, 5) is 17.8. The molecule has 2 heterocycles. The molecule has 1 fully saturated rings. The molecule has 1 aliphatic rings. The summed E-state index contributed by atoms with van der Waals surface area (Å²) >= 11 is 0. The third kappa shape index (κ3) is 4.91. The van der Waals surface area contributed by atoms with Crippen LogP contribution < -0.4 is 9.47 Å². The molecular weight excluding hydrogens is 400 g/mol. The van der Waals surface area contributed by atoms with Crippen molar-refractivity contribution >= 4 is 0 Å². The maximum atomic E-state index is 5.27. The van der Waals surface area contributed by atoms with E-state index in [1.807, 2.05) is 54.9 Å². The van der Waals surface area contributed by atoms with Crippen LogP contribution in [0.25, 0.3) is 0 Å². The molecule has 0 N–H and O–H groups in total. The molecule has 1 aliphatic carbocycles. The minimum Gasteiger partial charge on any atom is -0.480 e. The van der Waals surface area contributed by atoms with Crippen LogP contribution in [-0.2, 0) is 0 Å². The van der Waals surface area contributed by atoms with Crippen LogP contribution in [0.5, 0.6) is 11.8 Å². The third-order valence-electron chi connectivity index (χ3n) is 5.67. The Morgan fingerprint density at radius 1 is 0.625 bits per heavy atom. The van der Waals surface area contributed by atoms with E-state index in [1.54, 1.807) is 26.6 Å². The van der Waals surface area contributed by atoms with E-state index in [0.717, 1.165) is 17.8 Å². The van der Waals surface area contributed by atoms with E-state index < -0.39 is 0 Å². The minimum atomic E-state index is 0.168. The second-order valence-corrected chi connectivity index (χ2v) is 7.51. The Morgan fingerprint density at radius 3 is 1.69 bits per heavy atom. The predicted octanol–water partition coefficient (Wildman–Crippen LogP) is 5.03. The highest BCUT2D eigenvalue weighted by atomic mass is 16.5. The zero-order valence-corrected chi connectivity index (χ0v) is 18.2. The first-order chi connectivity index (χ1) is 15.8. The van der Waals surface area contributed by atoms with E-state index in [2.05, 4.69) is 44.2 Å². The number of aromatic nitrogens is 4. The maximum Gasteiger partial charge on any atom is 0.232 e. The molecule has 0 bridgehead atoms. The van der Waals surface area contributed by atoms with Gasteiger partial charge in [0.05, 0.1) is 38.0 Å². The number of benzene rings is 2. The highest BCUT2D eigenvalue weighted by Crippen LogP contribution is 2.57. The van der Waals surface area contributed by atoms with Crippen LogP contribution in [0.1, 0.15) is 41.1 Å². The lowest BCUT2D eigenvalue weighted by molar-refractivity contribution is 0.268. The highest BCUT2D eigenvalue weighted by Gasteiger charge is 2.45. The van der Waals surface area contributed by atoms with Gasteiger partial charge < -0.3 is 9.47 Å². The molecule has 0 radical (unpaired) electrons. The van der Waals surface area contributed by atoms with Gasteiger partial charge in [-0.25, -0.2) is 9.97 Å². The van der Waals surface area contributed by atoms with Crippen LogP contribution in [-0.4, -0.2) is 34.2 Å². The zero-order valence-electron chi connectivity index (χ0n) is 18.2. The first-order valence-electron chi connectivity index (χ1n) is 10.6. The molecule has 1 saturated carbocycles. The van der Waals surface area contributed by atoms with Gasteiger partial charge in [0.15, 0.2) is 0 Å². The van der Waals surface area contributed by atoms with Crippen LogP contribution in [0.15, 0.2) is 91.5 Å². The summed E-state index contributed by atoms with van der Waals surface area (Å²) in [5.41, 5.74) is 3.14. The van der Waals surface area contributed by atoms with Gasteiger partial charge >= 0.3 is 0 Å². The van der Waals surface area contributed by atoms with Gasteiger partial charge in [-0.2, -0.15) is 0 Å². The molecule has 162 valence electrons. The number of hydrogen-bond donors (Lipinski definition) is 0. The van der Waals surface area contributed by atoms with Crippen molar-refractivity contribution in [2.45, 2.75) is 24.2 Å². The Balaban J connectivity index is 0.000000354. The summed E-state index contributed by atoms with van der Waals surface area (Å²) in [6, 6.07) is 22.5. The Bertz CT molecular complexity index is 1080. The van der Waals surface area contributed by atoms with Gasteiger partial charge in [-0.05, 0) is 17.9 Å². The Hall–Kier alpha value is -3.80. The topological polar surface area (TPSA) is 70.0 Å². The van der Waals surface area contributed by atoms with Crippen molar-refractivity contribution in [2.24, 2.45) is 0 Å². The minimum absolute atomic E-state index is 0.168. The zero-order chi connectivity index (χ0) is 22.2. The van der Waals surface area contributed by atoms with Crippen molar-refractivity contribution in [3.8, 4) is 11.8 Å². The predicted molar refractivity (Wildman–Crippen MR) is 123 cm³/mol. The molecular formula is C26H26N4O2. The first-order valence-corrected chi connectivity index (χ1v) is 10.6. The summed E-state index contributed by atoms with van der Waals surface area (Å²) in [5, 5.41) is 0. The van der Waals surface area contributed by atoms with Gasteiger partial charge in [0.1, 0.15) is 0 Å². The van der Waals surface area contributed by atoms with Gasteiger partial charge in [0, 0.05) is 24.2 Å². The molecule has 32 heavy (non-hydrogen) atoms. The molecule has 4 aromatic rings. The number of rotatable bonds is 5. The highest BCUT2D eigenvalue weighted by molar-refractivity contribution is 5.35. The average molecular weight is 427 g/mol. The Labute approximate surface area is 188 Å². The van der Waals surface area contributed by atoms with Gasteiger partial charge in [-0.15, -0.1) is 0 Å². The SMILES string of the molecule is COc1cncc(C2[C@@H](c3cncc(OC)n3)C[C@H]2c2ccccc2)n1.c1ccccc1. The largest absolute Gasteiger partial charge is 0.480 e. The fraction of sp³-hybridized carbons (Fsp3) is 0.231. The molecule has 5 rings (SSSR count). The van der Waals surface area contributed by atoms with Gasteiger partial charge in [0.2, 0.25) is 11.8 Å². The van der Waals surface area contributed by atoms with Crippen LogP contribution in [0.2, 0.25) is 0 Å². The summed E-state index contributed by atoms with van der Waals surface area (Å²) < 4.78 is 10.5. The molecule has 0 saturated heterocycles. The molecule has 6 heteroatoms. The van der Waals surface area contributed by atoms with Crippen LogP contribution in [0.4, 0.5) is 0 Å². The van der Waals surface area contributed by atoms with Crippen LogP contribution in [0, 0.1) is 0 Å². The summed E-state index contributed by atoms with van der Waals surface area (Å²) in [5.74, 6) is 1.79. The fourth-order valence-corrected chi connectivity index (χ4v) is 4.06. The quantitative estimate of drug-likeness (QED) is 0.446. The van der Waals surface area contributed by atoms with Gasteiger partial charge in [-0.1, -0.05) is 66.7 Å². The van der Waals surface area contributed by atoms with Gasteiger partial charge in [0.25, 0.3) is 0 Å². The van der Waals surface area contributed by atoms with Crippen LogP contribution >= 0.6 is 0 Å². The second-order valence-electron chi connectivity index (χ2n) is 7.51. The summed E-state index contributed by atoms with van der Waals surface area (Å²) in [6.45, 7) is 0. The number of hydrogen-bond acceptors (Lipinski definition) is 6. The Kier molecular flexibility index (Phi) is 7.02. The van der Waals surface area contributed by atoms with E-state index in [9.17, 15) is 0 Å². The van der Waals surface area contributed by atoms with Crippen molar-refractivity contribution in [2.75, 3.05) is 14.2 Å². The molecule has 0 spiro atoms. The molecule has 1 unspecified atom stereocenters. The second kappa shape index (κ2) is 10.5. The standard InChI is InChI=1S/C20H20N4O2.C6H6/c1-25-18-11-21-9-16(23-18)15-8-14(13-6-4-3-5-7-13)20(15)17-10-22-12-19(24-17)26-2;1-2-4-6-5-3-1/h3-7,9-12,14-15,20H,8H2,1-2H3;1-6H/t14-,15+,20?;/m0./s1. The van der Waals surface area contributed by atoms with Crippen molar-refractivity contribution in [3.63, 3.8) is 0 Å². The van der Waals surface area contributed by atoms with E-state index >= 15 is 0 Å². The summed E-state index contributed by atoms with van der Waals surface area (Å²) in [7, 11) is 3.21. The van der Waals surface area contributed by atoms with E-state index in [4.69, 9.17) is 9.47 Å². The van der Waals surface area contributed by atoms with Crippen molar-refractivity contribution < 1.29 is 9.47 Å². The summed E-state index contributed by atoms with van der Waals surface area (Å²) in [6.07, 6.45) is 7.87. The molecule has 2 aromatic heterocycles. The molecule has 2 aromatic carbocycles. The van der Waals surface area contributed by atoms with Crippen LogP contribution in [0.3, 0.4) is 0 Å². The third-order valence-corrected chi connectivity index (χ3v) is 5.67. The fourth-order valence-electron chi connectivity index (χ4n) is 4.06. The van der Waals surface area contributed by atoms with E-state index in [-0.39, 0.29) is 11.8 Å². The molecule has 0 amide bonds. The normalized spacial score (nSPS) is 19.1. The van der Waals surface area contributed by atoms with Gasteiger partial charge in [-0.3, -0.25) is 9.97 Å². The monoisotopic (exact) mass is 426 g/mol. The molecule has 6 nitrogen and oxygen atoms in total. The Morgan fingerprint density at radius 2 is 1.12 bits per heavy atom. The smallest absolute Gasteiger partial charge is 0.232 e. The van der Waals surface area contributed by atoms with E-state index in [1.165, 1.54) is 5.56 Å². The van der Waals surface area contributed by atoms with Crippen molar-refractivity contribution in [1.29, 1.82) is 0 Å². The maximum absolute atomic E-state index is 5.27. The van der Waals surface area contributed by atoms with E-state index in [0.29, 0.717) is 17.7 Å². The average Bonchev–Trinajstić information content (AvgIpc) is 2.86. The van der Waals surface area contributed by atoms with Crippen molar-refractivity contribution in [1.82, 2.24) is 19.9 Å². The lowest BCUT2D eigenvalue weighted by Crippen LogP contribution is -2.33. The molecule has 3 atom stereocenters. The molecule has 0 aliphatic heterocycles. The van der Waals surface area contributed by atoms with Crippen molar-refractivity contribution in [3.05, 3.63) is 108 Å².